The summed E-state index contributed by atoms with van der Waals surface area (Å²) in [7, 11) is 0. The summed E-state index contributed by atoms with van der Waals surface area (Å²) in [6.07, 6.45) is 1.45. The van der Waals surface area contributed by atoms with Crippen molar-refractivity contribution in [2.24, 2.45) is 5.10 Å². The van der Waals surface area contributed by atoms with E-state index in [1.807, 2.05) is 6.92 Å². The third kappa shape index (κ3) is 5.82. The molecular weight excluding hydrogens is 488 g/mol. The molecule has 0 atom stereocenters. The molecule has 3 aromatic carbocycles. The van der Waals surface area contributed by atoms with E-state index in [0.29, 0.717) is 44.7 Å². The summed E-state index contributed by atoms with van der Waals surface area (Å²) in [5.74, 6) is -0.0322. The summed E-state index contributed by atoms with van der Waals surface area (Å²) >= 11 is 7.13. The van der Waals surface area contributed by atoms with Crippen molar-refractivity contribution in [3.05, 3.63) is 87.7 Å². The quantitative estimate of drug-likeness (QED) is 0.158. The van der Waals surface area contributed by atoms with Crippen molar-refractivity contribution in [3.63, 3.8) is 0 Å². The van der Waals surface area contributed by atoms with Crippen LogP contribution in [0.25, 0.3) is 16.6 Å². The molecule has 0 unspecified atom stereocenters. The number of carbonyl (C=O) groups excluding carboxylic acids is 1. The van der Waals surface area contributed by atoms with Crippen molar-refractivity contribution in [2.75, 3.05) is 12.4 Å². The predicted octanol–water partition coefficient (Wildman–Crippen LogP) is 4.39. The lowest BCUT2D eigenvalue weighted by molar-refractivity contribution is -0.118. The van der Waals surface area contributed by atoms with Crippen molar-refractivity contribution in [1.29, 1.82) is 0 Å². The zero-order valence-electron chi connectivity index (χ0n) is 18.6. The topological polar surface area (TPSA) is 106 Å². The SMILES string of the molecule is CCOc1cc(C=NNC(=O)CSc2nc3ccccc3c(=O)n2-c2ccc(Cl)cc2)ccc1O. The average Bonchev–Trinajstić information content (AvgIpc) is 2.86. The van der Waals surface area contributed by atoms with Gasteiger partial charge in [0.25, 0.3) is 11.5 Å². The number of hydrazone groups is 1. The summed E-state index contributed by atoms with van der Waals surface area (Å²) in [4.78, 5) is 30.3. The highest BCUT2D eigenvalue weighted by molar-refractivity contribution is 7.99. The molecule has 178 valence electrons. The number of halogens is 1. The zero-order chi connectivity index (χ0) is 24.8. The zero-order valence-corrected chi connectivity index (χ0v) is 20.2. The van der Waals surface area contributed by atoms with Gasteiger partial charge in [0.15, 0.2) is 16.7 Å². The number of aromatic nitrogens is 2. The number of carbonyl (C=O) groups is 1. The molecule has 1 heterocycles. The van der Waals surface area contributed by atoms with Gasteiger partial charge in [0.1, 0.15) is 0 Å². The van der Waals surface area contributed by atoms with Gasteiger partial charge in [0, 0.05) is 5.02 Å². The largest absolute Gasteiger partial charge is 0.504 e. The normalized spacial score (nSPS) is 11.1. The lowest BCUT2D eigenvalue weighted by Gasteiger charge is -2.13. The Labute approximate surface area is 210 Å². The van der Waals surface area contributed by atoms with Gasteiger partial charge in [0.05, 0.1) is 35.2 Å². The van der Waals surface area contributed by atoms with Crippen LogP contribution in [0.4, 0.5) is 0 Å². The molecule has 0 radical (unpaired) electrons. The van der Waals surface area contributed by atoms with Crippen LogP contribution in [-0.4, -0.2) is 39.1 Å². The highest BCUT2D eigenvalue weighted by Crippen LogP contribution is 2.26. The second-order valence-electron chi connectivity index (χ2n) is 7.27. The van der Waals surface area contributed by atoms with Crippen LogP contribution in [0.15, 0.2) is 81.8 Å². The molecule has 0 spiro atoms. The fourth-order valence-electron chi connectivity index (χ4n) is 3.25. The van der Waals surface area contributed by atoms with Crippen LogP contribution < -0.4 is 15.7 Å². The first-order valence-electron chi connectivity index (χ1n) is 10.6. The Bertz CT molecular complexity index is 1450. The summed E-state index contributed by atoms with van der Waals surface area (Å²) < 4.78 is 6.81. The first-order valence-corrected chi connectivity index (χ1v) is 12.0. The van der Waals surface area contributed by atoms with Crippen molar-refractivity contribution < 1.29 is 14.6 Å². The van der Waals surface area contributed by atoms with E-state index >= 15 is 0 Å². The van der Waals surface area contributed by atoms with E-state index < -0.39 is 0 Å². The molecule has 0 aliphatic heterocycles. The highest BCUT2D eigenvalue weighted by atomic mass is 35.5. The molecule has 10 heteroatoms. The van der Waals surface area contributed by atoms with Gasteiger partial charge in [-0.15, -0.1) is 0 Å². The summed E-state index contributed by atoms with van der Waals surface area (Å²) in [6, 6.07) is 18.6. The number of amides is 1. The average molecular weight is 509 g/mol. The molecule has 0 fully saturated rings. The molecule has 0 saturated heterocycles. The van der Waals surface area contributed by atoms with Crippen LogP contribution >= 0.6 is 23.4 Å². The number of hydrogen-bond donors (Lipinski definition) is 2. The van der Waals surface area contributed by atoms with Crippen LogP contribution in [0.5, 0.6) is 11.5 Å². The number of nitrogens with zero attached hydrogens (tertiary/aromatic N) is 3. The number of ether oxygens (including phenoxy) is 1. The number of phenolic OH excluding ortho intramolecular Hbond substituents is 1. The Morgan fingerprint density at radius 3 is 2.74 bits per heavy atom. The van der Waals surface area contributed by atoms with E-state index in [1.54, 1.807) is 60.7 Å². The summed E-state index contributed by atoms with van der Waals surface area (Å²) in [5, 5.41) is 15.1. The summed E-state index contributed by atoms with van der Waals surface area (Å²) in [6.45, 7) is 2.22. The summed E-state index contributed by atoms with van der Waals surface area (Å²) in [5.41, 5.74) is 4.00. The molecule has 8 nitrogen and oxygen atoms in total. The number of para-hydroxylation sites is 1. The lowest BCUT2D eigenvalue weighted by atomic mass is 10.2. The van der Waals surface area contributed by atoms with Crippen LogP contribution in [0.3, 0.4) is 0 Å². The molecule has 0 aliphatic carbocycles. The first-order chi connectivity index (χ1) is 17.0. The minimum Gasteiger partial charge on any atom is -0.504 e. The number of fused-ring (bicyclic) bond motifs is 1. The number of aromatic hydroxyl groups is 1. The van der Waals surface area contributed by atoms with Crippen molar-refractivity contribution in [3.8, 4) is 17.2 Å². The molecule has 4 aromatic rings. The molecule has 1 aromatic heterocycles. The number of nitrogens with one attached hydrogen (secondary N) is 1. The van der Waals surface area contributed by atoms with Crippen LogP contribution in [-0.2, 0) is 4.79 Å². The second-order valence-corrected chi connectivity index (χ2v) is 8.65. The van der Waals surface area contributed by atoms with Crippen molar-refractivity contribution >= 4 is 46.4 Å². The smallest absolute Gasteiger partial charge is 0.266 e. The molecular formula is C25H21ClN4O4S. The molecule has 0 aliphatic rings. The van der Waals surface area contributed by atoms with E-state index in [-0.39, 0.29) is 23.0 Å². The number of thioether (sulfide) groups is 1. The van der Waals surface area contributed by atoms with Gasteiger partial charge in [0.2, 0.25) is 0 Å². The molecule has 0 saturated carbocycles. The number of rotatable bonds is 8. The van der Waals surface area contributed by atoms with Gasteiger partial charge in [-0.2, -0.15) is 5.10 Å². The third-order valence-corrected chi connectivity index (χ3v) is 6.04. The Morgan fingerprint density at radius 1 is 1.20 bits per heavy atom. The van der Waals surface area contributed by atoms with Crippen LogP contribution in [0, 0.1) is 0 Å². The Kier molecular flexibility index (Phi) is 7.69. The number of hydrogen-bond acceptors (Lipinski definition) is 7. The van der Waals surface area contributed by atoms with E-state index in [1.165, 1.54) is 16.8 Å². The van der Waals surface area contributed by atoms with E-state index in [0.717, 1.165) is 11.8 Å². The van der Waals surface area contributed by atoms with E-state index in [9.17, 15) is 14.7 Å². The van der Waals surface area contributed by atoms with Gasteiger partial charge in [-0.1, -0.05) is 35.5 Å². The number of benzene rings is 3. The Hall–Kier alpha value is -3.82. The lowest BCUT2D eigenvalue weighted by Crippen LogP contribution is -2.24. The van der Waals surface area contributed by atoms with Crippen LogP contribution in [0.1, 0.15) is 12.5 Å². The minimum absolute atomic E-state index is 0.0184. The Balaban J connectivity index is 1.51. The number of phenols is 1. The molecule has 2 N–H and O–H groups in total. The molecule has 35 heavy (non-hydrogen) atoms. The maximum absolute atomic E-state index is 13.2. The molecule has 1 amide bonds. The first kappa shape index (κ1) is 24.3. The standard InChI is InChI=1S/C25H21ClN4O4S/c1-2-34-22-13-16(7-12-21(22)31)14-27-29-23(32)15-35-25-28-20-6-4-3-5-19(20)24(33)30(25)18-10-8-17(26)9-11-18/h3-14,31H,2,15H2,1H3,(H,29,32). The van der Waals surface area contributed by atoms with Gasteiger partial charge >= 0.3 is 0 Å². The van der Waals surface area contributed by atoms with Crippen LogP contribution in [0.2, 0.25) is 5.02 Å². The maximum atomic E-state index is 13.2. The van der Waals surface area contributed by atoms with E-state index in [4.69, 9.17) is 16.3 Å². The fraction of sp³-hybridized carbons (Fsp3) is 0.120. The second kappa shape index (κ2) is 11.1. The molecule has 0 bridgehead atoms. The fourth-order valence-corrected chi connectivity index (χ4v) is 4.18. The monoisotopic (exact) mass is 508 g/mol. The van der Waals surface area contributed by atoms with Gasteiger partial charge in [-0.3, -0.25) is 14.2 Å². The van der Waals surface area contributed by atoms with Crippen molar-refractivity contribution in [2.45, 2.75) is 12.1 Å². The molecule has 4 rings (SSSR count). The highest BCUT2D eigenvalue weighted by Gasteiger charge is 2.14. The Morgan fingerprint density at radius 2 is 1.97 bits per heavy atom. The predicted molar refractivity (Wildman–Crippen MR) is 138 cm³/mol. The minimum atomic E-state index is -0.375. The van der Waals surface area contributed by atoms with E-state index in [2.05, 4.69) is 15.5 Å². The third-order valence-electron chi connectivity index (χ3n) is 4.85. The van der Waals surface area contributed by atoms with Crippen molar-refractivity contribution in [1.82, 2.24) is 15.0 Å². The van der Waals surface area contributed by atoms with Gasteiger partial charge in [-0.25, -0.2) is 10.4 Å². The maximum Gasteiger partial charge on any atom is 0.266 e. The van der Waals surface area contributed by atoms with Gasteiger partial charge in [-0.05, 0) is 67.1 Å². The van der Waals surface area contributed by atoms with Gasteiger partial charge < -0.3 is 9.84 Å².